The van der Waals surface area contributed by atoms with Crippen LogP contribution < -0.4 is 10.2 Å². The van der Waals surface area contributed by atoms with Gasteiger partial charge in [0.05, 0.1) is 0 Å². The maximum absolute atomic E-state index is 4.56. The molecular weight excluding hydrogens is 238 g/mol. The Labute approximate surface area is 115 Å². The first-order chi connectivity index (χ1) is 9.22. The number of hydrogen-bond donors (Lipinski definition) is 1. The normalized spacial score (nSPS) is 24.9. The van der Waals surface area contributed by atoms with Crippen molar-refractivity contribution >= 4 is 5.95 Å². The minimum atomic E-state index is 0.738. The van der Waals surface area contributed by atoms with Gasteiger partial charge >= 0.3 is 0 Å². The maximum Gasteiger partial charge on any atom is 0.225 e. The van der Waals surface area contributed by atoms with Crippen LogP contribution in [0, 0.1) is 13.8 Å². The van der Waals surface area contributed by atoms with Crippen LogP contribution in [0.25, 0.3) is 0 Å². The first-order valence-electron chi connectivity index (χ1n) is 7.24. The molecule has 3 heterocycles. The minimum absolute atomic E-state index is 0.738. The van der Waals surface area contributed by atoms with Crippen molar-refractivity contribution in [2.75, 3.05) is 44.2 Å². The highest BCUT2D eigenvalue weighted by Gasteiger charge is 2.26. The van der Waals surface area contributed by atoms with Crippen molar-refractivity contribution in [3.63, 3.8) is 0 Å². The molecule has 0 bridgehead atoms. The third-order valence-electron chi connectivity index (χ3n) is 4.12. The van der Waals surface area contributed by atoms with E-state index in [9.17, 15) is 0 Å². The zero-order valence-corrected chi connectivity index (χ0v) is 11.9. The van der Waals surface area contributed by atoms with E-state index in [1.807, 2.05) is 19.9 Å². The van der Waals surface area contributed by atoms with Crippen molar-refractivity contribution < 1.29 is 0 Å². The van der Waals surface area contributed by atoms with Crippen LogP contribution in [0.1, 0.15) is 17.8 Å². The van der Waals surface area contributed by atoms with Gasteiger partial charge < -0.3 is 10.2 Å². The lowest BCUT2D eigenvalue weighted by Gasteiger charge is -2.37. The lowest BCUT2D eigenvalue weighted by Crippen LogP contribution is -2.51. The minimum Gasteiger partial charge on any atom is -0.338 e. The van der Waals surface area contributed by atoms with Gasteiger partial charge in [0.1, 0.15) is 0 Å². The summed E-state index contributed by atoms with van der Waals surface area (Å²) in [6.07, 6.45) is 1.29. The zero-order valence-electron chi connectivity index (χ0n) is 11.9. The van der Waals surface area contributed by atoms with Crippen LogP contribution in [0.5, 0.6) is 0 Å². The summed E-state index contributed by atoms with van der Waals surface area (Å²) in [4.78, 5) is 14.1. The molecule has 1 unspecified atom stereocenters. The van der Waals surface area contributed by atoms with E-state index < -0.39 is 0 Å². The molecule has 0 spiro atoms. The molecule has 104 valence electrons. The molecule has 1 aromatic heterocycles. The highest BCUT2D eigenvalue weighted by Crippen LogP contribution is 2.16. The average Bonchev–Trinajstić information content (AvgIpc) is 2.91. The predicted octanol–water partition coefficient (Wildman–Crippen LogP) is 0.577. The van der Waals surface area contributed by atoms with Crippen LogP contribution in [-0.2, 0) is 0 Å². The molecule has 1 aromatic rings. The van der Waals surface area contributed by atoms with Crippen LogP contribution in [0.15, 0.2) is 6.07 Å². The van der Waals surface area contributed by atoms with Gasteiger partial charge in [-0.3, -0.25) is 4.90 Å². The number of hydrogen-bond acceptors (Lipinski definition) is 5. The molecule has 19 heavy (non-hydrogen) atoms. The Morgan fingerprint density at radius 3 is 2.37 bits per heavy atom. The summed E-state index contributed by atoms with van der Waals surface area (Å²) in [6.45, 7) is 10.7. The Morgan fingerprint density at radius 1 is 1.11 bits per heavy atom. The Kier molecular flexibility index (Phi) is 3.66. The average molecular weight is 261 g/mol. The van der Waals surface area contributed by atoms with Gasteiger partial charge in [-0.15, -0.1) is 0 Å². The largest absolute Gasteiger partial charge is 0.338 e. The summed E-state index contributed by atoms with van der Waals surface area (Å²) in [7, 11) is 0. The number of aryl methyl sites for hydroxylation is 2. The third kappa shape index (κ3) is 2.87. The lowest BCUT2D eigenvalue weighted by atomic mass is 10.2. The summed E-state index contributed by atoms with van der Waals surface area (Å²) in [5, 5.41) is 3.45. The Morgan fingerprint density at radius 2 is 1.79 bits per heavy atom. The van der Waals surface area contributed by atoms with E-state index >= 15 is 0 Å². The van der Waals surface area contributed by atoms with E-state index in [2.05, 4.69) is 25.1 Å². The van der Waals surface area contributed by atoms with Gasteiger partial charge in [0.2, 0.25) is 5.95 Å². The fraction of sp³-hybridized carbons (Fsp3) is 0.714. The smallest absolute Gasteiger partial charge is 0.225 e. The second-order valence-electron chi connectivity index (χ2n) is 5.62. The number of anilines is 1. The highest BCUT2D eigenvalue weighted by atomic mass is 15.3. The van der Waals surface area contributed by atoms with Crippen LogP contribution in [0.3, 0.4) is 0 Å². The molecule has 5 nitrogen and oxygen atoms in total. The molecule has 2 aliphatic rings. The van der Waals surface area contributed by atoms with E-state index in [0.29, 0.717) is 0 Å². The summed E-state index contributed by atoms with van der Waals surface area (Å²) in [5.74, 6) is 0.904. The Bertz CT molecular complexity index is 413. The van der Waals surface area contributed by atoms with Gasteiger partial charge in [0.15, 0.2) is 0 Å². The predicted molar refractivity (Wildman–Crippen MR) is 76.6 cm³/mol. The molecule has 0 radical (unpaired) electrons. The first kappa shape index (κ1) is 12.8. The summed E-state index contributed by atoms with van der Waals surface area (Å²) >= 11 is 0. The molecule has 5 heteroatoms. The van der Waals surface area contributed by atoms with E-state index in [1.54, 1.807) is 0 Å². The van der Waals surface area contributed by atoms with E-state index in [4.69, 9.17) is 0 Å². The van der Waals surface area contributed by atoms with Crippen LogP contribution in [0.2, 0.25) is 0 Å². The van der Waals surface area contributed by atoms with Crippen molar-refractivity contribution in [1.29, 1.82) is 0 Å². The topological polar surface area (TPSA) is 44.3 Å². The number of nitrogens with one attached hydrogen (secondary N) is 1. The van der Waals surface area contributed by atoms with Crippen molar-refractivity contribution in [1.82, 2.24) is 20.2 Å². The van der Waals surface area contributed by atoms with E-state index in [-0.39, 0.29) is 0 Å². The van der Waals surface area contributed by atoms with Gasteiger partial charge in [0.25, 0.3) is 0 Å². The van der Waals surface area contributed by atoms with Gasteiger partial charge in [-0.05, 0) is 32.9 Å². The monoisotopic (exact) mass is 261 g/mol. The third-order valence-corrected chi connectivity index (χ3v) is 4.12. The molecule has 2 fully saturated rings. The second kappa shape index (κ2) is 5.43. The summed E-state index contributed by atoms with van der Waals surface area (Å²) < 4.78 is 0. The molecular formula is C14H23N5. The van der Waals surface area contributed by atoms with E-state index in [1.165, 1.54) is 13.0 Å². The fourth-order valence-corrected chi connectivity index (χ4v) is 3.09. The number of rotatable bonds is 2. The van der Waals surface area contributed by atoms with Crippen molar-refractivity contribution in [3.8, 4) is 0 Å². The van der Waals surface area contributed by atoms with Crippen LogP contribution in [-0.4, -0.2) is 60.2 Å². The second-order valence-corrected chi connectivity index (χ2v) is 5.62. The fourth-order valence-electron chi connectivity index (χ4n) is 3.09. The van der Waals surface area contributed by atoms with Crippen molar-refractivity contribution in [2.24, 2.45) is 0 Å². The molecule has 0 amide bonds. The molecule has 2 aliphatic heterocycles. The SMILES string of the molecule is Cc1cc(C)nc(N2CCN(C3CCNC3)CC2)n1. The molecule has 0 aromatic carbocycles. The summed E-state index contributed by atoms with van der Waals surface area (Å²) in [5.41, 5.74) is 2.12. The number of nitrogens with zero attached hydrogens (tertiary/aromatic N) is 4. The molecule has 1 N–H and O–H groups in total. The molecule has 3 rings (SSSR count). The molecule has 0 saturated carbocycles. The van der Waals surface area contributed by atoms with Crippen molar-refractivity contribution in [2.45, 2.75) is 26.3 Å². The van der Waals surface area contributed by atoms with E-state index in [0.717, 1.165) is 56.1 Å². The van der Waals surface area contributed by atoms with Gasteiger partial charge in [-0.2, -0.15) is 0 Å². The molecule has 1 atom stereocenters. The van der Waals surface area contributed by atoms with Gasteiger partial charge in [-0.1, -0.05) is 0 Å². The van der Waals surface area contributed by atoms with Crippen molar-refractivity contribution in [3.05, 3.63) is 17.5 Å². The van der Waals surface area contributed by atoms with Gasteiger partial charge in [-0.25, -0.2) is 9.97 Å². The summed E-state index contributed by atoms with van der Waals surface area (Å²) in [6, 6.07) is 2.77. The number of aromatic nitrogens is 2. The standard InChI is InChI=1S/C14H23N5/c1-11-9-12(2)17-14(16-11)19-7-5-18(6-8-19)13-3-4-15-10-13/h9,13,15H,3-8,10H2,1-2H3. The molecule has 2 saturated heterocycles. The Balaban J connectivity index is 1.63. The Hall–Kier alpha value is -1.20. The lowest BCUT2D eigenvalue weighted by molar-refractivity contribution is 0.196. The zero-order chi connectivity index (χ0) is 13.2. The highest BCUT2D eigenvalue weighted by molar-refractivity contribution is 5.32. The number of piperazine rings is 1. The van der Waals surface area contributed by atoms with Crippen LogP contribution >= 0.6 is 0 Å². The van der Waals surface area contributed by atoms with Crippen LogP contribution in [0.4, 0.5) is 5.95 Å². The maximum atomic E-state index is 4.56. The van der Waals surface area contributed by atoms with Gasteiger partial charge in [0, 0.05) is 50.2 Å². The quantitative estimate of drug-likeness (QED) is 0.843. The molecule has 0 aliphatic carbocycles. The first-order valence-corrected chi connectivity index (χ1v) is 7.24.